The molecular weight excluding hydrogens is 316 g/mol. The summed E-state index contributed by atoms with van der Waals surface area (Å²) in [6.07, 6.45) is 0. The maximum Gasteiger partial charge on any atom is 0.224 e. The summed E-state index contributed by atoms with van der Waals surface area (Å²) in [5.41, 5.74) is 1.75. The van der Waals surface area contributed by atoms with Crippen LogP contribution in [0, 0.1) is 6.92 Å². The highest BCUT2D eigenvalue weighted by atomic mass is 79.9. The van der Waals surface area contributed by atoms with Gasteiger partial charge in [0.15, 0.2) is 0 Å². The van der Waals surface area contributed by atoms with Crippen LogP contribution in [0.25, 0.3) is 0 Å². The molecule has 2 aromatic rings. The number of halogens is 2. The van der Waals surface area contributed by atoms with Crippen LogP contribution in [0.5, 0.6) is 0 Å². The Morgan fingerprint density at radius 1 is 1.28 bits per heavy atom. The standard InChI is InChI=1S/C12H12BrClN4/c1-7-6-10(18-12(15-2)16-7)17-9-5-3-4-8(14)11(9)13/h3-6H,1-2H3,(H2,15,16,17,18). The van der Waals surface area contributed by atoms with Gasteiger partial charge in [0.05, 0.1) is 15.2 Å². The summed E-state index contributed by atoms with van der Waals surface area (Å²) >= 11 is 9.48. The highest BCUT2D eigenvalue weighted by Gasteiger charge is 2.06. The Labute approximate surface area is 119 Å². The van der Waals surface area contributed by atoms with E-state index in [4.69, 9.17) is 11.6 Å². The molecule has 2 N–H and O–H groups in total. The summed E-state index contributed by atoms with van der Waals surface area (Å²) < 4.78 is 0.814. The lowest BCUT2D eigenvalue weighted by molar-refractivity contribution is 1.10. The Morgan fingerprint density at radius 3 is 2.78 bits per heavy atom. The van der Waals surface area contributed by atoms with Gasteiger partial charge in [-0.3, -0.25) is 0 Å². The highest BCUT2D eigenvalue weighted by molar-refractivity contribution is 9.10. The molecule has 94 valence electrons. The van der Waals surface area contributed by atoms with E-state index in [0.29, 0.717) is 11.0 Å². The largest absolute Gasteiger partial charge is 0.357 e. The van der Waals surface area contributed by atoms with Crippen LogP contribution in [0.4, 0.5) is 17.5 Å². The fourth-order valence-corrected chi connectivity index (χ4v) is 2.02. The summed E-state index contributed by atoms with van der Waals surface area (Å²) in [4.78, 5) is 8.55. The SMILES string of the molecule is CNc1nc(C)cc(Nc2cccc(Cl)c2Br)n1. The average Bonchev–Trinajstić information content (AvgIpc) is 2.34. The Hall–Kier alpha value is -1.33. The van der Waals surface area contributed by atoms with Gasteiger partial charge in [-0.05, 0) is 35.0 Å². The number of benzene rings is 1. The molecule has 6 heteroatoms. The van der Waals surface area contributed by atoms with Crippen molar-refractivity contribution in [1.82, 2.24) is 9.97 Å². The molecule has 18 heavy (non-hydrogen) atoms. The van der Waals surface area contributed by atoms with Crippen LogP contribution in [-0.4, -0.2) is 17.0 Å². The molecule has 0 aliphatic rings. The van der Waals surface area contributed by atoms with Gasteiger partial charge in [-0.25, -0.2) is 4.98 Å². The molecule has 0 radical (unpaired) electrons. The lowest BCUT2D eigenvalue weighted by atomic mass is 10.3. The molecule has 0 unspecified atom stereocenters. The van der Waals surface area contributed by atoms with Crippen LogP contribution in [0.2, 0.25) is 5.02 Å². The van der Waals surface area contributed by atoms with Crippen LogP contribution in [-0.2, 0) is 0 Å². The highest BCUT2D eigenvalue weighted by Crippen LogP contribution is 2.31. The number of nitrogens with zero attached hydrogens (tertiary/aromatic N) is 2. The minimum atomic E-state index is 0.579. The third kappa shape index (κ3) is 2.91. The van der Waals surface area contributed by atoms with Crippen LogP contribution >= 0.6 is 27.5 Å². The minimum Gasteiger partial charge on any atom is -0.357 e. The Balaban J connectivity index is 2.34. The third-order valence-corrected chi connectivity index (χ3v) is 3.69. The monoisotopic (exact) mass is 326 g/mol. The van der Waals surface area contributed by atoms with E-state index < -0.39 is 0 Å². The summed E-state index contributed by atoms with van der Waals surface area (Å²) in [7, 11) is 1.79. The van der Waals surface area contributed by atoms with Gasteiger partial charge >= 0.3 is 0 Å². The van der Waals surface area contributed by atoms with E-state index in [2.05, 4.69) is 36.5 Å². The van der Waals surface area contributed by atoms with Crippen molar-refractivity contribution < 1.29 is 0 Å². The number of rotatable bonds is 3. The maximum atomic E-state index is 6.04. The number of hydrogen-bond acceptors (Lipinski definition) is 4. The lowest BCUT2D eigenvalue weighted by Gasteiger charge is -2.10. The molecule has 0 atom stereocenters. The number of aromatic nitrogens is 2. The molecule has 1 aromatic heterocycles. The summed E-state index contributed by atoms with van der Waals surface area (Å²) in [5.74, 6) is 1.30. The van der Waals surface area contributed by atoms with Crippen LogP contribution < -0.4 is 10.6 Å². The summed E-state index contributed by atoms with van der Waals surface area (Å²) in [6.45, 7) is 1.92. The van der Waals surface area contributed by atoms with Crippen LogP contribution in [0.1, 0.15) is 5.69 Å². The molecule has 0 saturated carbocycles. The quantitative estimate of drug-likeness (QED) is 0.895. The zero-order valence-electron chi connectivity index (χ0n) is 9.96. The zero-order chi connectivity index (χ0) is 13.1. The van der Waals surface area contributed by atoms with Crippen molar-refractivity contribution in [2.45, 2.75) is 6.92 Å². The normalized spacial score (nSPS) is 10.2. The summed E-state index contributed by atoms with van der Waals surface area (Å²) in [6, 6.07) is 7.49. The predicted octanol–water partition coefficient (Wildman–Crippen LogP) is 3.99. The smallest absolute Gasteiger partial charge is 0.224 e. The van der Waals surface area contributed by atoms with Crippen molar-refractivity contribution in [2.24, 2.45) is 0 Å². The number of nitrogens with one attached hydrogen (secondary N) is 2. The molecule has 4 nitrogen and oxygen atoms in total. The van der Waals surface area contributed by atoms with Crippen LogP contribution in [0.15, 0.2) is 28.7 Å². The molecule has 1 aromatic carbocycles. The van der Waals surface area contributed by atoms with E-state index in [-0.39, 0.29) is 0 Å². The first-order valence-corrected chi connectivity index (χ1v) is 6.51. The van der Waals surface area contributed by atoms with E-state index in [1.165, 1.54) is 0 Å². The molecule has 0 saturated heterocycles. The van der Waals surface area contributed by atoms with Crippen molar-refractivity contribution in [1.29, 1.82) is 0 Å². The Kier molecular flexibility index (Phi) is 4.04. The average molecular weight is 328 g/mol. The van der Waals surface area contributed by atoms with E-state index in [1.54, 1.807) is 7.05 Å². The molecule has 0 amide bonds. The number of anilines is 3. The van der Waals surface area contributed by atoms with Crippen molar-refractivity contribution in [3.05, 3.63) is 39.5 Å². The Morgan fingerprint density at radius 2 is 2.06 bits per heavy atom. The second kappa shape index (κ2) is 5.54. The number of hydrogen-bond donors (Lipinski definition) is 2. The topological polar surface area (TPSA) is 49.8 Å². The van der Waals surface area contributed by atoms with E-state index >= 15 is 0 Å². The first-order chi connectivity index (χ1) is 8.60. The van der Waals surface area contributed by atoms with Gasteiger partial charge in [0.2, 0.25) is 5.95 Å². The second-order valence-corrected chi connectivity index (χ2v) is 4.89. The first-order valence-electron chi connectivity index (χ1n) is 5.34. The van der Waals surface area contributed by atoms with Crippen LogP contribution in [0.3, 0.4) is 0 Å². The molecule has 0 aliphatic carbocycles. The van der Waals surface area contributed by atoms with Gasteiger partial charge in [-0.2, -0.15) is 4.98 Å². The number of aryl methyl sites for hydroxylation is 1. The van der Waals surface area contributed by atoms with Gasteiger partial charge in [0.25, 0.3) is 0 Å². The minimum absolute atomic E-state index is 0.579. The second-order valence-electron chi connectivity index (χ2n) is 3.69. The molecule has 1 heterocycles. The van der Waals surface area contributed by atoms with Crippen molar-refractivity contribution in [3.8, 4) is 0 Å². The van der Waals surface area contributed by atoms with Gasteiger partial charge in [-0.15, -0.1) is 0 Å². The van der Waals surface area contributed by atoms with Gasteiger partial charge in [-0.1, -0.05) is 17.7 Å². The third-order valence-electron chi connectivity index (χ3n) is 2.29. The molecule has 0 aliphatic heterocycles. The summed E-state index contributed by atoms with van der Waals surface area (Å²) in [5, 5.41) is 6.78. The van der Waals surface area contributed by atoms with Crippen molar-refractivity contribution in [3.63, 3.8) is 0 Å². The molecule has 0 bridgehead atoms. The lowest BCUT2D eigenvalue weighted by Crippen LogP contribution is -2.02. The van der Waals surface area contributed by atoms with E-state index in [9.17, 15) is 0 Å². The van der Waals surface area contributed by atoms with Gasteiger partial charge in [0.1, 0.15) is 5.82 Å². The molecule has 0 spiro atoms. The predicted molar refractivity (Wildman–Crippen MR) is 78.8 cm³/mol. The van der Waals surface area contributed by atoms with Gasteiger partial charge in [0, 0.05) is 18.8 Å². The fraction of sp³-hybridized carbons (Fsp3) is 0.167. The van der Waals surface area contributed by atoms with Crippen molar-refractivity contribution >= 4 is 45.0 Å². The molecule has 0 fully saturated rings. The van der Waals surface area contributed by atoms with Gasteiger partial charge < -0.3 is 10.6 Å². The molecule has 2 rings (SSSR count). The first kappa shape index (κ1) is 13.1. The fourth-order valence-electron chi connectivity index (χ4n) is 1.48. The van der Waals surface area contributed by atoms with E-state index in [0.717, 1.165) is 21.7 Å². The van der Waals surface area contributed by atoms with Crippen molar-refractivity contribution in [2.75, 3.05) is 17.7 Å². The van der Waals surface area contributed by atoms with E-state index in [1.807, 2.05) is 31.2 Å². The maximum absolute atomic E-state index is 6.04. The molecular formula is C12H12BrClN4. The zero-order valence-corrected chi connectivity index (χ0v) is 12.3. The Bertz CT molecular complexity index is 574.